The zero-order valence-corrected chi connectivity index (χ0v) is 12.9. The average Bonchev–Trinajstić information content (AvgIpc) is 2.32. The van der Waals surface area contributed by atoms with Crippen molar-refractivity contribution in [1.29, 1.82) is 0 Å². The lowest BCUT2D eigenvalue weighted by atomic mass is 9.99. The number of aryl methyl sites for hydroxylation is 1. The molecule has 18 heavy (non-hydrogen) atoms. The summed E-state index contributed by atoms with van der Waals surface area (Å²) < 4.78 is 0.902. The fourth-order valence-electron chi connectivity index (χ4n) is 1.74. The minimum absolute atomic E-state index is 0.227. The first-order valence-electron chi connectivity index (χ1n) is 5.45. The van der Waals surface area contributed by atoms with Gasteiger partial charge in [-0.15, -0.1) is 0 Å². The van der Waals surface area contributed by atoms with Crippen LogP contribution in [0.4, 0.5) is 0 Å². The highest BCUT2D eigenvalue weighted by atomic mass is 79.9. The summed E-state index contributed by atoms with van der Waals surface area (Å²) in [6.45, 7) is 1.97. The first-order chi connectivity index (χ1) is 8.49. The Balaban J connectivity index is 2.41. The molecule has 0 heterocycles. The lowest BCUT2D eigenvalue weighted by Crippen LogP contribution is -2.12. The van der Waals surface area contributed by atoms with E-state index in [1.807, 2.05) is 43.3 Å². The second-order valence-electron chi connectivity index (χ2n) is 4.15. The van der Waals surface area contributed by atoms with E-state index < -0.39 is 0 Å². The van der Waals surface area contributed by atoms with Gasteiger partial charge in [0.05, 0.1) is 6.04 Å². The highest BCUT2D eigenvalue weighted by Crippen LogP contribution is 2.30. The van der Waals surface area contributed by atoms with E-state index in [2.05, 4.69) is 15.9 Å². The molecule has 0 aromatic heterocycles. The molecule has 94 valence electrons. The molecule has 0 saturated heterocycles. The van der Waals surface area contributed by atoms with Crippen molar-refractivity contribution in [2.45, 2.75) is 13.0 Å². The molecule has 0 radical (unpaired) electrons. The molecule has 0 aliphatic rings. The highest BCUT2D eigenvalue weighted by Gasteiger charge is 2.13. The average molecular weight is 345 g/mol. The molecule has 2 N–H and O–H groups in total. The molecule has 0 aliphatic heterocycles. The van der Waals surface area contributed by atoms with E-state index in [0.717, 1.165) is 26.2 Å². The van der Waals surface area contributed by atoms with Gasteiger partial charge in [0.2, 0.25) is 0 Å². The normalized spacial score (nSPS) is 12.5. The maximum absolute atomic E-state index is 6.25. The molecule has 0 amide bonds. The van der Waals surface area contributed by atoms with E-state index in [1.165, 1.54) is 0 Å². The maximum atomic E-state index is 6.25. The van der Waals surface area contributed by atoms with Gasteiger partial charge in [0.15, 0.2) is 0 Å². The fraction of sp³-hybridized carbons (Fsp3) is 0.143. The monoisotopic (exact) mass is 343 g/mol. The van der Waals surface area contributed by atoms with Gasteiger partial charge in [-0.05, 0) is 41.8 Å². The van der Waals surface area contributed by atoms with E-state index in [4.69, 9.17) is 28.9 Å². The van der Waals surface area contributed by atoms with Crippen LogP contribution in [0, 0.1) is 6.92 Å². The van der Waals surface area contributed by atoms with Gasteiger partial charge in [0.1, 0.15) is 0 Å². The summed E-state index contributed by atoms with van der Waals surface area (Å²) in [5.74, 6) is 0. The Hall–Kier alpha value is -0.540. The van der Waals surface area contributed by atoms with Gasteiger partial charge in [0, 0.05) is 14.5 Å². The van der Waals surface area contributed by atoms with E-state index in [0.29, 0.717) is 5.02 Å². The minimum Gasteiger partial charge on any atom is -0.320 e. The van der Waals surface area contributed by atoms with Gasteiger partial charge in [0.25, 0.3) is 0 Å². The predicted octanol–water partition coefficient (Wildman–Crippen LogP) is 5.11. The molecule has 4 heteroatoms. The van der Waals surface area contributed by atoms with Gasteiger partial charge in [-0.1, -0.05) is 57.3 Å². The van der Waals surface area contributed by atoms with Crippen LogP contribution < -0.4 is 5.73 Å². The number of rotatable bonds is 2. The topological polar surface area (TPSA) is 26.0 Å². The quantitative estimate of drug-likeness (QED) is 0.804. The number of benzene rings is 2. The van der Waals surface area contributed by atoms with E-state index in [-0.39, 0.29) is 6.04 Å². The van der Waals surface area contributed by atoms with Crippen LogP contribution in [-0.2, 0) is 0 Å². The van der Waals surface area contributed by atoms with Gasteiger partial charge < -0.3 is 5.73 Å². The Kier molecular flexibility index (Phi) is 4.33. The summed E-state index contributed by atoms with van der Waals surface area (Å²) >= 11 is 15.5. The maximum Gasteiger partial charge on any atom is 0.0563 e. The number of nitrogens with two attached hydrogens (primary N) is 1. The molecular formula is C14H12BrCl2N. The van der Waals surface area contributed by atoms with E-state index >= 15 is 0 Å². The number of hydrogen-bond acceptors (Lipinski definition) is 1. The molecule has 0 fully saturated rings. The van der Waals surface area contributed by atoms with Crippen LogP contribution in [0.2, 0.25) is 10.0 Å². The summed E-state index contributed by atoms with van der Waals surface area (Å²) in [7, 11) is 0. The van der Waals surface area contributed by atoms with Crippen LogP contribution >= 0.6 is 39.1 Å². The van der Waals surface area contributed by atoms with Crippen molar-refractivity contribution < 1.29 is 0 Å². The fourth-order valence-corrected chi connectivity index (χ4v) is 2.85. The van der Waals surface area contributed by atoms with Gasteiger partial charge in [-0.3, -0.25) is 0 Å². The zero-order valence-electron chi connectivity index (χ0n) is 9.75. The van der Waals surface area contributed by atoms with Crippen molar-refractivity contribution in [2.24, 2.45) is 5.73 Å². The SMILES string of the molecule is Cc1ccc(C(N)c2ccc(Cl)cc2Br)cc1Cl. The summed E-state index contributed by atoms with van der Waals surface area (Å²) in [6, 6.07) is 11.2. The van der Waals surface area contributed by atoms with Gasteiger partial charge in [-0.25, -0.2) is 0 Å². The number of hydrogen-bond donors (Lipinski definition) is 1. The molecule has 1 atom stereocenters. The molecule has 2 aromatic carbocycles. The van der Waals surface area contributed by atoms with Crippen molar-refractivity contribution in [2.75, 3.05) is 0 Å². The van der Waals surface area contributed by atoms with Crippen LogP contribution in [-0.4, -0.2) is 0 Å². The lowest BCUT2D eigenvalue weighted by Gasteiger charge is -2.15. The van der Waals surface area contributed by atoms with Crippen molar-refractivity contribution in [1.82, 2.24) is 0 Å². The summed E-state index contributed by atoms with van der Waals surface area (Å²) in [5, 5.41) is 1.41. The predicted molar refractivity (Wildman–Crippen MR) is 81.4 cm³/mol. The Labute approximate surface area is 125 Å². The van der Waals surface area contributed by atoms with Crippen molar-refractivity contribution in [3.63, 3.8) is 0 Å². The standard InChI is InChI=1S/C14H12BrCl2N/c1-8-2-3-9(6-13(8)17)14(18)11-5-4-10(16)7-12(11)15/h2-7,14H,18H2,1H3. The smallest absolute Gasteiger partial charge is 0.0563 e. The van der Waals surface area contributed by atoms with Crippen molar-refractivity contribution in [3.8, 4) is 0 Å². The second-order valence-corrected chi connectivity index (χ2v) is 5.85. The highest BCUT2D eigenvalue weighted by molar-refractivity contribution is 9.10. The van der Waals surface area contributed by atoms with Crippen LogP contribution in [0.3, 0.4) is 0 Å². The lowest BCUT2D eigenvalue weighted by molar-refractivity contribution is 0.865. The van der Waals surface area contributed by atoms with Crippen LogP contribution in [0.1, 0.15) is 22.7 Å². The molecule has 2 rings (SSSR count). The Morgan fingerprint density at radius 3 is 2.44 bits per heavy atom. The zero-order chi connectivity index (χ0) is 13.3. The number of halogens is 3. The molecule has 1 nitrogen and oxygen atoms in total. The first-order valence-corrected chi connectivity index (χ1v) is 7.00. The van der Waals surface area contributed by atoms with Crippen LogP contribution in [0.25, 0.3) is 0 Å². The van der Waals surface area contributed by atoms with E-state index in [9.17, 15) is 0 Å². The summed E-state index contributed by atoms with van der Waals surface area (Å²) in [5.41, 5.74) is 9.26. The molecule has 0 spiro atoms. The third kappa shape index (κ3) is 2.89. The first kappa shape index (κ1) is 13.9. The molecule has 0 saturated carbocycles. The second kappa shape index (κ2) is 5.62. The summed E-state index contributed by atoms with van der Waals surface area (Å²) in [6.07, 6.45) is 0. The Bertz CT molecular complexity index is 584. The molecule has 1 unspecified atom stereocenters. The molecule has 2 aromatic rings. The van der Waals surface area contributed by atoms with Crippen molar-refractivity contribution >= 4 is 39.1 Å². The Morgan fingerprint density at radius 2 is 1.83 bits per heavy atom. The van der Waals surface area contributed by atoms with Crippen LogP contribution in [0.15, 0.2) is 40.9 Å². The van der Waals surface area contributed by atoms with Crippen LogP contribution in [0.5, 0.6) is 0 Å². The van der Waals surface area contributed by atoms with Gasteiger partial charge in [-0.2, -0.15) is 0 Å². The summed E-state index contributed by atoms with van der Waals surface area (Å²) in [4.78, 5) is 0. The molecular weight excluding hydrogens is 333 g/mol. The molecule has 0 bridgehead atoms. The Morgan fingerprint density at radius 1 is 1.11 bits per heavy atom. The van der Waals surface area contributed by atoms with Crippen molar-refractivity contribution in [3.05, 3.63) is 67.6 Å². The molecule has 0 aliphatic carbocycles. The third-order valence-corrected chi connectivity index (χ3v) is 4.18. The third-order valence-electron chi connectivity index (χ3n) is 2.85. The van der Waals surface area contributed by atoms with E-state index in [1.54, 1.807) is 0 Å². The minimum atomic E-state index is -0.227. The largest absolute Gasteiger partial charge is 0.320 e. The van der Waals surface area contributed by atoms with Gasteiger partial charge >= 0.3 is 0 Å².